The maximum absolute atomic E-state index is 12.6. The molecule has 0 aliphatic heterocycles. The third kappa shape index (κ3) is 4.38. The van der Waals surface area contributed by atoms with Crippen LogP contribution in [0.5, 0.6) is 11.5 Å². The standard InChI is InChI=1S/C17H25BrO4/c1-12(2)22-16(19)17(3,9-6-10-18)13-7-8-14(20-4)15(11-13)21-5/h7-8,11-12H,6,9-10H2,1-5H3. The Morgan fingerprint density at radius 1 is 1.23 bits per heavy atom. The number of halogens is 1. The highest BCUT2D eigenvalue weighted by molar-refractivity contribution is 9.09. The molecule has 4 nitrogen and oxygen atoms in total. The van der Waals surface area contributed by atoms with Crippen LogP contribution in [0.25, 0.3) is 0 Å². The summed E-state index contributed by atoms with van der Waals surface area (Å²) in [5.41, 5.74) is 0.161. The summed E-state index contributed by atoms with van der Waals surface area (Å²) in [5, 5.41) is 0.838. The van der Waals surface area contributed by atoms with Crippen molar-refractivity contribution in [1.29, 1.82) is 0 Å². The second-order valence-corrected chi connectivity index (χ2v) is 6.44. The lowest BCUT2D eigenvalue weighted by Gasteiger charge is -2.29. The Hall–Kier alpha value is -1.23. The molecule has 0 N–H and O–H groups in total. The van der Waals surface area contributed by atoms with E-state index in [1.165, 1.54) is 0 Å². The molecule has 0 heterocycles. The van der Waals surface area contributed by atoms with Crippen molar-refractivity contribution in [2.75, 3.05) is 19.5 Å². The molecule has 124 valence electrons. The predicted octanol–water partition coefficient (Wildman–Crippen LogP) is 4.09. The lowest BCUT2D eigenvalue weighted by Crippen LogP contribution is -2.36. The van der Waals surface area contributed by atoms with Crippen LogP contribution in [0.15, 0.2) is 18.2 Å². The highest BCUT2D eigenvalue weighted by atomic mass is 79.9. The highest BCUT2D eigenvalue weighted by Crippen LogP contribution is 2.37. The van der Waals surface area contributed by atoms with E-state index in [2.05, 4.69) is 15.9 Å². The zero-order valence-corrected chi connectivity index (χ0v) is 15.5. The molecular formula is C17H25BrO4. The molecule has 1 rings (SSSR count). The van der Waals surface area contributed by atoms with Gasteiger partial charge in [-0.25, -0.2) is 0 Å². The minimum atomic E-state index is -0.711. The summed E-state index contributed by atoms with van der Waals surface area (Å²) in [6, 6.07) is 5.58. The van der Waals surface area contributed by atoms with Gasteiger partial charge < -0.3 is 14.2 Å². The Morgan fingerprint density at radius 3 is 2.36 bits per heavy atom. The lowest BCUT2D eigenvalue weighted by molar-refractivity contribution is -0.154. The van der Waals surface area contributed by atoms with Crippen molar-refractivity contribution in [2.24, 2.45) is 0 Å². The van der Waals surface area contributed by atoms with Gasteiger partial charge in [-0.2, -0.15) is 0 Å². The monoisotopic (exact) mass is 372 g/mol. The SMILES string of the molecule is COc1ccc(C(C)(CCCBr)C(=O)OC(C)C)cc1OC. The number of benzene rings is 1. The third-order valence-corrected chi connectivity index (χ3v) is 4.19. The van der Waals surface area contributed by atoms with Gasteiger partial charge >= 0.3 is 5.97 Å². The van der Waals surface area contributed by atoms with Gasteiger partial charge in [0.25, 0.3) is 0 Å². The van der Waals surface area contributed by atoms with E-state index in [4.69, 9.17) is 14.2 Å². The second kappa shape index (κ2) is 8.42. The van der Waals surface area contributed by atoms with E-state index in [9.17, 15) is 4.79 Å². The smallest absolute Gasteiger partial charge is 0.316 e. The molecule has 1 atom stereocenters. The van der Waals surface area contributed by atoms with Gasteiger partial charge in [-0.3, -0.25) is 4.79 Å². The molecule has 0 aromatic heterocycles. The minimum absolute atomic E-state index is 0.143. The molecule has 0 saturated heterocycles. The molecule has 0 saturated carbocycles. The largest absolute Gasteiger partial charge is 0.493 e. The van der Waals surface area contributed by atoms with Crippen LogP contribution in [0.3, 0.4) is 0 Å². The zero-order valence-electron chi connectivity index (χ0n) is 13.9. The van der Waals surface area contributed by atoms with Crippen LogP contribution in [0.2, 0.25) is 0 Å². The molecule has 0 fully saturated rings. The van der Waals surface area contributed by atoms with Crippen molar-refractivity contribution in [3.05, 3.63) is 23.8 Å². The van der Waals surface area contributed by atoms with E-state index in [1.807, 2.05) is 39.0 Å². The highest BCUT2D eigenvalue weighted by Gasteiger charge is 2.37. The molecule has 1 aromatic rings. The fourth-order valence-electron chi connectivity index (χ4n) is 2.31. The Kier molecular flexibility index (Phi) is 7.20. The number of carbonyl (C=O) groups is 1. The number of rotatable bonds is 8. The van der Waals surface area contributed by atoms with Crippen LogP contribution >= 0.6 is 15.9 Å². The Labute approximate surface area is 141 Å². The van der Waals surface area contributed by atoms with Crippen LogP contribution in [0, 0.1) is 0 Å². The predicted molar refractivity (Wildman–Crippen MR) is 91.2 cm³/mol. The van der Waals surface area contributed by atoms with Crippen molar-refractivity contribution >= 4 is 21.9 Å². The second-order valence-electron chi connectivity index (χ2n) is 5.65. The maximum atomic E-state index is 12.6. The first kappa shape index (κ1) is 18.8. The van der Waals surface area contributed by atoms with E-state index >= 15 is 0 Å². The summed E-state index contributed by atoms with van der Waals surface area (Å²) in [6.07, 6.45) is 1.42. The first-order valence-electron chi connectivity index (χ1n) is 7.38. The maximum Gasteiger partial charge on any atom is 0.316 e. The molecule has 1 unspecified atom stereocenters. The average molecular weight is 373 g/mol. The van der Waals surface area contributed by atoms with E-state index in [0.29, 0.717) is 17.9 Å². The quantitative estimate of drug-likeness (QED) is 0.509. The number of carbonyl (C=O) groups excluding carboxylic acids is 1. The minimum Gasteiger partial charge on any atom is -0.493 e. The summed E-state index contributed by atoms with van der Waals surface area (Å²) >= 11 is 3.43. The Balaban J connectivity index is 3.23. The molecule has 0 amide bonds. The Bertz CT molecular complexity index is 501. The van der Waals surface area contributed by atoms with E-state index in [0.717, 1.165) is 17.3 Å². The molecule has 22 heavy (non-hydrogen) atoms. The van der Waals surface area contributed by atoms with Gasteiger partial charge in [0.2, 0.25) is 0 Å². The lowest BCUT2D eigenvalue weighted by atomic mass is 9.78. The average Bonchev–Trinajstić information content (AvgIpc) is 2.51. The van der Waals surface area contributed by atoms with Crippen LogP contribution in [0.1, 0.15) is 39.2 Å². The van der Waals surface area contributed by atoms with Crippen LogP contribution in [-0.4, -0.2) is 31.6 Å². The summed E-state index contributed by atoms with van der Waals surface area (Å²) in [4.78, 5) is 12.6. The summed E-state index contributed by atoms with van der Waals surface area (Å²) in [7, 11) is 3.18. The van der Waals surface area contributed by atoms with Gasteiger partial charge in [-0.1, -0.05) is 22.0 Å². The van der Waals surface area contributed by atoms with Gasteiger partial charge in [0.05, 0.1) is 25.7 Å². The van der Waals surface area contributed by atoms with Gasteiger partial charge in [-0.15, -0.1) is 0 Å². The molecule has 5 heteroatoms. The number of methoxy groups -OCH3 is 2. The number of alkyl halides is 1. The topological polar surface area (TPSA) is 44.8 Å². The normalized spacial score (nSPS) is 13.6. The van der Waals surface area contributed by atoms with Crippen molar-refractivity contribution < 1.29 is 19.0 Å². The van der Waals surface area contributed by atoms with Crippen molar-refractivity contribution in [3.8, 4) is 11.5 Å². The number of esters is 1. The molecular weight excluding hydrogens is 348 g/mol. The van der Waals surface area contributed by atoms with E-state index in [-0.39, 0.29) is 12.1 Å². The molecule has 0 bridgehead atoms. The van der Waals surface area contributed by atoms with Crippen LogP contribution in [-0.2, 0) is 14.9 Å². The summed E-state index contributed by atoms with van der Waals surface area (Å²) < 4.78 is 16.1. The van der Waals surface area contributed by atoms with Gasteiger partial charge in [0.1, 0.15) is 0 Å². The fourth-order valence-corrected chi connectivity index (χ4v) is 2.59. The van der Waals surface area contributed by atoms with Gasteiger partial charge in [0.15, 0.2) is 11.5 Å². The van der Waals surface area contributed by atoms with E-state index in [1.54, 1.807) is 14.2 Å². The fraction of sp³-hybridized carbons (Fsp3) is 0.588. The van der Waals surface area contributed by atoms with Crippen molar-refractivity contribution in [1.82, 2.24) is 0 Å². The van der Waals surface area contributed by atoms with Gasteiger partial charge in [0, 0.05) is 5.33 Å². The molecule has 0 spiro atoms. The number of ether oxygens (including phenoxy) is 3. The first-order valence-corrected chi connectivity index (χ1v) is 8.50. The molecule has 0 aliphatic rings. The van der Waals surface area contributed by atoms with Crippen LogP contribution < -0.4 is 9.47 Å². The first-order chi connectivity index (χ1) is 10.4. The number of hydrogen-bond acceptors (Lipinski definition) is 4. The van der Waals surface area contributed by atoms with Gasteiger partial charge in [-0.05, 0) is 51.3 Å². The summed E-state index contributed by atoms with van der Waals surface area (Å²) in [6.45, 7) is 5.64. The summed E-state index contributed by atoms with van der Waals surface area (Å²) in [5.74, 6) is 1.05. The Morgan fingerprint density at radius 2 is 1.86 bits per heavy atom. The van der Waals surface area contributed by atoms with Crippen molar-refractivity contribution in [3.63, 3.8) is 0 Å². The zero-order chi connectivity index (χ0) is 16.8. The van der Waals surface area contributed by atoms with Crippen LogP contribution in [0.4, 0.5) is 0 Å². The number of hydrogen-bond donors (Lipinski definition) is 0. The molecule has 0 radical (unpaired) electrons. The molecule has 1 aromatic carbocycles. The third-order valence-electron chi connectivity index (χ3n) is 3.62. The van der Waals surface area contributed by atoms with Crippen molar-refractivity contribution in [2.45, 2.75) is 45.1 Å². The molecule has 0 aliphatic carbocycles. The van der Waals surface area contributed by atoms with E-state index < -0.39 is 5.41 Å².